The SMILES string of the molecule is C=C(CCC)Nc1ccc(-c2cccc(C)c2)cc1. The zero-order valence-electron chi connectivity index (χ0n) is 11.7. The van der Waals surface area contributed by atoms with Gasteiger partial charge in [-0.15, -0.1) is 0 Å². The van der Waals surface area contributed by atoms with E-state index in [-0.39, 0.29) is 0 Å². The van der Waals surface area contributed by atoms with Crippen LogP contribution in [0.25, 0.3) is 11.1 Å². The van der Waals surface area contributed by atoms with Crippen LogP contribution in [0.1, 0.15) is 25.3 Å². The molecule has 0 unspecified atom stereocenters. The van der Waals surface area contributed by atoms with Gasteiger partial charge in [0.15, 0.2) is 0 Å². The lowest BCUT2D eigenvalue weighted by Gasteiger charge is -2.09. The number of allylic oxidation sites excluding steroid dienone is 1. The van der Waals surface area contributed by atoms with Crippen molar-refractivity contribution in [1.29, 1.82) is 0 Å². The molecule has 0 heterocycles. The molecule has 19 heavy (non-hydrogen) atoms. The average molecular weight is 251 g/mol. The molecule has 0 fully saturated rings. The highest BCUT2D eigenvalue weighted by Crippen LogP contribution is 2.23. The minimum absolute atomic E-state index is 1.01. The molecule has 0 aliphatic heterocycles. The van der Waals surface area contributed by atoms with Crippen LogP contribution in [0.4, 0.5) is 5.69 Å². The predicted molar refractivity (Wildman–Crippen MR) is 84.3 cm³/mol. The van der Waals surface area contributed by atoms with Crippen LogP contribution in [0.2, 0.25) is 0 Å². The number of nitrogens with one attached hydrogen (secondary N) is 1. The van der Waals surface area contributed by atoms with Crippen LogP contribution in [0, 0.1) is 6.92 Å². The van der Waals surface area contributed by atoms with Crippen molar-refractivity contribution in [2.45, 2.75) is 26.7 Å². The van der Waals surface area contributed by atoms with Crippen LogP contribution in [-0.2, 0) is 0 Å². The molecule has 0 aromatic heterocycles. The van der Waals surface area contributed by atoms with Crippen molar-refractivity contribution in [1.82, 2.24) is 0 Å². The van der Waals surface area contributed by atoms with Gasteiger partial charge in [-0.3, -0.25) is 0 Å². The number of hydrogen-bond acceptors (Lipinski definition) is 1. The molecule has 1 N–H and O–H groups in total. The smallest absolute Gasteiger partial charge is 0.0382 e. The maximum absolute atomic E-state index is 4.02. The van der Waals surface area contributed by atoms with Gasteiger partial charge in [0.2, 0.25) is 0 Å². The molecule has 2 aromatic rings. The van der Waals surface area contributed by atoms with Crippen molar-refractivity contribution in [3.05, 3.63) is 66.4 Å². The largest absolute Gasteiger partial charge is 0.359 e. The molecule has 0 atom stereocenters. The molecule has 0 bridgehead atoms. The van der Waals surface area contributed by atoms with Gasteiger partial charge in [0.25, 0.3) is 0 Å². The Morgan fingerprint density at radius 3 is 2.42 bits per heavy atom. The molecule has 0 saturated heterocycles. The number of rotatable bonds is 5. The van der Waals surface area contributed by atoms with E-state index < -0.39 is 0 Å². The van der Waals surface area contributed by atoms with Crippen LogP contribution in [0.15, 0.2) is 60.8 Å². The maximum Gasteiger partial charge on any atom is 0.0382 e. The lowest BCUT2D eigenvalue weighted by atomic mass is 10.0. The predicted octanol–water partition coefficient (Wildman–Crippen LogP) is 5.39. The fourth-order valence-electron chi connectivity index (χ4n) is 2.14. The van der Waals surface area contributed by atoms with Crippen LogP contribution in [-0.4, -0.2) is 0 Å². The highest BCUT2D eigenvalue weighted by molar-refractivity contribution is 5.67. The maximum atomic E-state index is 4.02. The summed E-state index contributed by atoms with van der Waals surface area (Å²) in [7, 11) is 0. The Labute approximate surface area is 116 Å². The second-order valence-electron chi connectivity index (χ2n) is 4.93. The Hall–Kier alpha value is -2.02. The first-order valence-corrected chi connectivity index (χ1v) is 6.81. The lowest BCUT2D eigenvalue weighted by Crippen LogP contribution is -1.97. The molecule has 98 valence electrons. The van der Waals surface area contributed by atoms with Crippen molar-refractivity contribution in [3.63, 3.8) is 0 Å². The van der Waals surface area contributed by atoms with Gasteiger partial charge in [0.05, 0.1) is 0 Å². The Morgan fingerprint density at radius 2 is 1.79 bits per heavy atom. The quantitative estimate of drug-likeness (QED) is 0.751. The molecule has 1 nitrogen and oxygen atoms in total. The second kappa shape index (κ2) is 6.24. The molecule has 0 radical (unpaired) electrons. The molecule has 0 amide bonds. The van der Waals surface area contributed by atoms with E-state index in [1.807, 2.05) is 0 Å². The molecule has 2 rings (SSSR count). The summed E-state index contributed by atoms with van der Waals surface area (Å²) in [5.41, 5.74) is 5.98. The Morgan fingerprint density at radius 1 is 1.05 bits per heavy atom. The molecule has 0 saturated carbocycles. The van der Waals surface area contributed by atoms with E-state index in [1.54, 1.807) is 0 Å². The lowest BCUT2D eigenvalue weighted by molar-refractivity contribution is 0.913. The minimum atomic E-state index is 1.01. The van der Waals surface area contributed by atoms with E-state index in [0.717, 1.165) is 24.2 Å². The summed E-state index contributed by atoms with van der Waals surface area (Å²) in [5.74, 6) is 0. The van der Waals surface area contributed by atoms with Gasteiger partial charge in [-0.25, -0.2) is 0 Å². The van der Waals surface area contributed by atoms with Gasteiger partial charge in [-0.05, 0) is 36.6 Å². The van der Waals surface area contributed by atoms with Crippen molar-refractivity contribution in [2.75, 3.05) is 5.32 Å². The zero-order valence-corrected chi connectivity index (χ0v) is 11.7. The number of anilines is 1. The van der Waals surface area contributed by atoms with Gasteiger partial charge >= 0.3 is 0 Å². The highest BCUT2D eigenvalue weighted by atomic mass is 14.9. The first-order chi connectivity index (χ1) is 9.19. The fourth-order valence-corrected chi connectivity index (χ4v) is 2.14. The standard InChI is InChI=1S/C18H21N/c1-4-6-15(3)19-18-11-9-16(10-12-18)17-8-5-7-14(2)13-17/h5,7-13,19H,3-4,6H2,1-2H3. The summed E-state index contributed by atoms with van der Waals surface area (Å²) in [6.07, 6.45) is 2.13. The molecular weight excluding hydrogens is 230 g/mol. The van der Waals surface area contributed by atoms with E-state index in [0.29, 0.717) is 0 Å². The van der Waals surface area contributed by atoms with E-state index in [9.17, 15) is 0 Å². The summed E-state index contributed by atoms with van der Waals surface area (Å²) in [6.45, 7) is 8.30. The molecular formula is C18H21N. The third-order valence-corrected chi connectivity index (χ3v) is 3.11. The van der Waals surface area contributed by atoms with E-state index in [1.165, 1.54) is 16.7 Å². The number of aryl methyl sites for hydroxylation is 1. The molecule has 1 heteroatoms. The third-order valence-electron chi connectivity index (χ3n) is 3.11. The van der Waals surface area contributed by atoms with Crippen LogP contribution < -0.4 is 5.32 Å². The summed E-state index contributed by atoms with van der Waals surface area (Å²) < 4.78 is 0. The van der Waals surface area contributed by atoms with Gasteiger partial charge in [0.1, 0.15) is 0 Å². The first-order valence-electron chi connectivity index (χ1n) is 6.81. The number of hydrogen-bond donors (Lipinski definition) is 1. The van der Waals surface area contributed by atoms with Crippen LogP contribution >= 0.6 is 0 Å². The van der Waals surface area contributed by atoms with E-state index >= 15 is 0 Å². The summed E-state index contributed by atoms with van der Waals surface area (Å²) >= 11 is 0. The van der Waals surface area contributed by atoms with Crippen molar-refractivity contribution in [2.24, 2.45) is 0 Å². The average Bonchev–Trinajstić information content (AvgIpc) is 2.40. The number of benzene rings is 2. The van der Waals surface area contributed by atoms with Crippen LogP contribution in [0.5, 0.6) is 0 Å². The van der Waals surface area contributed by atoms with Gasteiger partial charge in [0, 0.05) is 11.4 Å². The first kappa shape index (κ1) is 13.4. The summed E-state index contributed by atoms with van der Waals surface area (Å²) in [5, 5.41) is 3.34. The Bertz CT molecular complexity index is 552. The van der Waals surface area contributed by atoms with E-state index in [2.05, 4.69) is 74.3 Å². The van der Waals surface area contributed by atoms with Gasteiger partial charge < -0.3 is 5.32 Å². The molecule has 2 aromatic carbocycles. The van der Waals surface area contributed by atoms with Gasteiger partial charge in [-0.1, -0.05) is 61.9 Å². The monoisotopic (exact) mass is 251 g/mol. The van der Waals surface area contributed by atoms with Crippen molar-refractivity contribution < 1.29 is 0 Å². The third kappa shape index (κ3) is 3.72. The van der Waals surface area contributed by atoms with Crippen LogP contribution in [0.3, 0.4) is 0 Å². The van der Waals surface area contributed by atoms with Crippen molar-refractivity contribution in [3.8, 4) is 11.1 Å². The molecule has 0 spiro atoms. The molecule has 0 aliphatic rings. The normalized spacial score (nSPS) is 10.2. The Kier molecular flexibility index (Phi) is 4.40. The summed E-state index contributed by atoms with van der Waals surface area (Å²) in [6, 6.07) is 17.1. The topological polar surface area (TPSA) is 12.0 Å². The Balaban J connectivity index is 2.12. The molecule has 0 aliphatic carbocycles. The van der Waals surface area contributed by atoms with Crippen molar-refractivity contribution >= 4 is 5.69 Å². The second-order valence-corrected chi connectivity index (χ2v) is 4.93. The van der Waals surface area contributed by atoms with Gasteiger partial charge in [-0.2, -0.15) is 0 Å². The van der Waals surface area contributed by atoms with E-state index in [4.69, 9.17) is 0 Å². The highest BCUT2D eigenvalue weighted by Gasteiger charge is 1.99. The minimum Gasteiger partial charge on any atom is -0.359 e. The summed E-state index contributed by atoms with van der Waals surface area (Å²) in [4.78, 5) is 0. The fraction of sp³-hybridized carbons (Fsp3) is 0.222. The zero-order chi connectivity index (χ0) is 13.7.